The maximum absolute atomic E-state index is 12.5. The number of nitrogens with zero attached hydrogens (tertiary/aromatic N) is 2. The van der Waals surface area contributed by atoms with E-state index in [1.807, 2.05) is 24.3 Å². The number of hydrogen-bond acceptors (Lipinski definition) is 7. The number of carbonyl (C=O) groups is 1. The van der Waals surface area contributed by atoms with Gasteiger partial charge in [-0.2, -0.15) is 4.37 Å². The monoisotopic (exact) mass is 440 g/mol. The minimum absolute atomic E-state index is 0.148. The molecule has 2 aromatic heterocycles. The zero-order valence-corrected chi connectivity index (χ0v) is 17.8. The zero-order valence-electron chi connectivity index (χ0n) is 16.2. The first kappa shape index (κ1) is 20.1. The number of pyridine rings is 1. The SMILES string of the molecule is CCOC(=O)c1nc(-c2ccc(OC)cc2)c2snc(-c3ccc(Cl)cc3)c2c1O. The molecule has 6 nitrogen and oxygen atoms in total. The van der Waals surface area contributed by atoms with Gasteiger partial charge in [-0.05, 0) is 54.9 Å². The van der Waals surface area contributed by atoms with E-state index in [1.165, 1.54) is 11.5 Å². The van der Waals surface area contributed by atoms with Gasteiger partial charge in [0.15, 0.2) is 11.4 Å². The van der Waals surface area contributed by atoms with Crippen molar-refractivity contribution in [3.8, 4) is 34.0 Å². The number of esters is 1. The van der Waals surface area contributed by atoms with E-state index in [4.69, 9.17) is 21.1 Å². The van der Waals surface area contributed by atoms with Crippen LogP contribution in [0.2, 0.25) is 5.02 Å². The lowest BCUT2D eigenvalue weighted by Crippen LogP contribution is -2.08. The number of hydrogen-bond donors (Lipinski definition) is 1. The van der Waals surface area contributed by atoms with Crippen LogP contribution in [-0.2, 0) is 4.74 Å². The van der Waals surface area contributed by atoms with Crippen molar-refractivity contribution in [3.63, 3.8) is 0 Å². The van der Waals surface area contributed by atoms with Crippen LogP contribution in [0.4, 0.5) is 0 Å². The molecular weight excluding hydrogens is 424 g/mol. The van der Waals surface area contributed by atoms with Crippen LogP contribution in [0.5, 0.6) is 11.5 Å². The summed E-state index contributed by atoms with van der Waals surface area (Å²) in [6.07, 6.45) is 0. The second kappa shape index (κ2) is 8.30. The Balaban J connectivity index is 1.99. The number of halogens is 1. The molecule has 30 heavy (non-hydrogen) atoms. The standard InChI is InChI=1S/C22H17ClN2O4S/c1-3-29-22(27)19-20(26)16-17(12-4-8-14(23)9-5-12)25-30-21(16)18(24-19)13-6-10-15(28-2)11-7-13/h4-11,26H,3H2,1-2H3. The minimum atomic E-state index is -0.695. The Morgan fingerprint density at radius 2 is 1.70 bits per heavy atom. The molecule has 8 heteroatoms. The van der Waals surface area contributed by atoms with E-state index >= 15 is 0 Å². The molecule has 0 amide bonds. The molecule has 0 saturated carbocycles. The van der Waals surface area contributed by atoms with Crippen LogP contribution in [0.1, 0.15) is 17.4 Å². The summed E-state index contributed by atoms with van der Waals surface area (Å²) in [6, 6.07) is 14.4. The van der Waals surface area contributed by atoms with Crippen LogP contribution in [-0.4, -0.2) is 34.2 Å². The van der Waals surface area contributed by atoms with Gasteiger partial charge in [0, 0.05) is 16.1 Å². The molecule has 0 aliphatic heterocycles. The van der Waals surface area contributed by atoms with Gasteiger partial charge in [-0.1, -0.05) is 23.7 Å². The van der Waals surface area contributed by atoms with E-state index in [-0.39, 0.29) is 18.1 Å². The van der Waals surface area contributed by atoms with Gasteiger partial charge in [-0.3, -0.25) is 0 Å². The van der Waals surface area contributed by atoms with Crippen molar-refractivity contribution >= 4 is 39.2 Å². The number of methoxy groups -OCH3 is 1. The van der Waals surface area contributed by atoms with E-state index in [2.05, 4.69) is 9.36 Å². The van der Waals surface area contributed by atoms with E-state index in [0.717, 1.165) is 11.1 Å². The Kier molecular flexibility index (Phi) is 5.57. The molecular formula is C22H17ClN2O4S. The Morgan fingerprint density at radius 1 is 1.07 bits per heavy atom. The second-order valence-electron chi connectivity index (χ2n) is 6.35. The molecule has 4 aromatic rings. The maximum atomic E-state index is 12.5. The molecule has 0 aliphatic carbocycles. The number of rotatable bonds is 5. The quantitative estimate of drug-likeness (QED) is 0.408. The fourth-order valence-electron chi connectivity index (χ4n) is 3.10. The van der Waals surface area contributed by atoms with E-state index in [0.29, 0.717) is 32.2 Å². The molecule has 0 radical (unpaired) electrons. The molecule has 1 N–H and O–H groups in total. The fourth-order valence-corrected chi connectivity index (χ4v) is 4.14. The topological polar surface area (TPSA) is 81.5 Å². The van der Waals surface area contributed by atoms with Crippen molar-refractivity contribution in [1.29, 1.82) is 0 Å². The molecule has 0 unspecified atom stereocenters. The molecule has 152 valence electrons. The fraction of sp³-hybridized carbons (Fsp3) is 0.136. The zero-order chi connectivity index (χ0) is 21.3. The molecule has 0 aliphatic rings. The first-order valence-corrected chi connectivity index (χ1v) is 10.3. The van der Waals surface area contributed by atoms with Gasteiger partial charge < -0.3 is 14.6 Å². The van der Waals surface area contributed by atoms with Gasteiger partial charge in [-0.15, -0.1) is 0 Å². The lowest BCUT2D eigenvalue weighted by atomic mass is 10.0. The number of benzene rings is 2. The summed E-state index contributed by atoms with van der Waals surface area (Å²) in [4.78, 5) is 17.0. The lowest BCUT2D eigenvalue weighted by Gasteiger charge is -2.10. The molecule has 0 fully saturated rings. The van der Waals surface area contributed by atoms with E-state index < -0.39 is 5.97 Å². The van der Waals surface area contributed by atoms with Gasteiger partial charge in [-0.25, -0.2) is 9.78 Å². The van der Waals surface area contributed by atoms with Crippen LogP contribution < -0.4 is 4.74 Å². The van der Waals surface area contributed by atoms with E-state index in [9.17, 15) is 9.90 Å². The van der Waals surface area contributed by atoms with Gasteiger partial charge in [0.1, 0.15) is 5.75 Å². The highest BCUT2D eigenvalue weighted by Crippen LogP contribution is 2.43. The van der Waals surface area contributed by atoms with Crippen molar-refractivity contribution in [2.75, 3.05) is 13.7 Å². The van der Waals surface area contributed by atoms with E-state index in [1.54, 1.807) is 38.3 Å². The average molecular weight is 441 g/mol. The van der Waals surface area contributed by atoms with Crippen LogP contribution in [0.3, 0.4) is 0 Å². The highest BCUT2D eigenvalue weighted by Gasteiger charge is 2.25. The van der Waals surface area contributed by atoms with Crippen molar-refractivity contribution in [3.05, 3.63) is 59.2 Å². The number of aromatic nitrogens is 2. The van der Waals surface area contributed by atoms with Gasteiger partial charge in [0.2, 0.25) is 0 Å². The summed E-state index contributed by atoms with van der Waals surface area (Å²) in [5.74, 6) is -0.245. The van der Waals surface area contributed by atoms with Crippen LogP contribution in [0.15, 0.2) is 48.5 Å². The normalized spacial score (nSPS) is 10.9. The van der Waals surface area contributed by atoms with Gasteiger partial charge in [0.25, 0.3) is 0 Å². The summed E-state index contributed by atoms with van der Waals surface area (Å²) in [5, 5.41) is 12.0. The van der Waals surface area contributed by atoms with Crippen molar-refractivity contribution in [2.24, 2.45) is 0 Å². The minimum Gasteiger partial charge on any atom is -0.505 e. The number of fused-ring (bicyclic) bond motifs is 1. The highest BCUT2D eigenvalue weighted by atomic mass is 35.5. The first-order valence-electron chi connectivity index (χ1n) is 9.13. The smallest absolute Gasteiger partial charge is 0.360 e. The largest absolute Gasteiger partial charge is 0.505 e. The Morgan fingerprint density at radius 3 is 2.33 bits per heavy atom. The van der Waals surface area contributed by atoms with Crippen molar-refractivity contribution < 1.29 is 19.4 Å². The second-order valence-corrected chi connectivity index (χ2v) is 7.56. The lowest BCUT2D eigenvalue weighted by molar-refractivity contribution is 0.0516. The predicted octanol–water partition coefficient (Wildman–Crippen LogP) is 5.57. The summed E-state index contributed by atoms with van der Waals surface area (Å²) < 4.78 is 15.5. The van der Waals surface area contributed by atoms with Gasteiger partial charge >= 0.3 is 5.97 Å². The third-order valence-electron chi connectivity index (χ3n) is 4.54. The maximum Gasteiger partial charge on any atom is 0.360 e. The van der Waals surface area contributed by atoms with Crippen LogP contribution in [0.25, 0.3) is 32.6 Å². The number of ether oxygens (including phenoxy) is 2. The summed E-state index contributed by atoms with van der Waals surface area (Å²) in [6.45, 7) is 1.87. The average Bonchev–Trinajstić information content (AvgIpc) is 3.20. The Hall–Kier alpha value is -3.16. The summed E-state index contributed by atoms with van der Waals surface area (Å²) in [7, 11) is 1.59. The number of aromatic hydroxyl groups is 1. The molecule has 0 saturated heterocycles. The van der Waals surface area contributed by atoms with Crippen LogP contribution in [0, 0.1) is 0 Å². The number of carbonyl (C=O) groups excluding carboxylic acids is 1. The van der Waals surface area contributed by atoms with Gasteiger partial charge in [0.05, 0.1) is 35.2 Å². The van der Waals surface area contributed by atoms with Crippen molar-refractivity contribution in [2.45, 2.75) is 6.92 Å². The first-order chi connectivity index (χ1) is 14.5. The predicted molar refractivity (Wildman–Crippen MR) is 117 cm³/mol. The molecule has 4 rings (SSSR count). The Labute approximate surface area is 181 Å². The molecule has 0 spiro atoms. The molecule has 2 heterocycles. The summed E-state index contributed by atoms with van der Waals surface area (Å²) in [5.41, 5.74) is 2.46. The summed E-state index contributed by atoms with van der Waals surface area (Å²) >= 11 is 7.21. The third kappa shape index (κ3) is 3.58. The Bertz CT molecular complexity index is 1220. The molecule has 2 aromatic carbocycles. The molecule has 0 bridgehead atoms. The van der Waals surface area contributed by atoms with Crippen molar-refractivity contribution in [1.82, 2.24) is 9.36 Å². The third-order valence-corrected chi connectivity index (χ3v) is 5.65. The highest BCUT2D eigenvalue weighted by molar-refractivity contribution is 7.14. The molecule has 0 atom stereocenters. The van der Waals surface area contributed by atoms with Crippen LogP contribution >= 0.6 is 23.1 Å².